The Morgan fingerprint density at radius 1 is 1.22 bits per heavy atom. The summed E-state index contributed by atoms with van der Waals surface area (Å²) in [6.45, 7) is 1.15. The maximum absolute atomic E-state index is 10.8. The van der Waals surface area contributed by atoms with Crippen molar-refractivity contribution in [3.05, 3.63) is 71.5 Å². The first kappa shape index (κ1) is 18.6. The molecule has 3 aromatic rings. The fourth-order valence-electron chi connectivity index (χ4n) is 2.60. The Morgan fingerprint density at radius 2 is 2.04 bits per heavy atom. The van der Waals surface area contributed by atoms with Gasteiger partial charge in [0.2, 0.25) is 5.95 Å². The molecule has 1 aromatic heterocycles. The number of aromatic nitrogens is 3. The molecule has 7 nitrogen and oxygen atoms in total. The third-order valence-electron chi connectivity index (χ3n) is 4.01. The number of benzene rings is 2. The molecule has 0 aliphatic heterocycles. The van der Waals surface area contributed by atoms with Gasteiger partial charge in [0.1, 0.15) is 18.1 Å². The molecule has 0 amide bonds. The monoisotopic (exact) mass is 366 g/mol. The summed E-state index contributed by atoms with van der Waals surface area (Å²) < 4.78 is 7.24. The number of aryl methyl sites for hydroxylation is 1. The highest BCUT2D eigenvalue weighted by atomic mass is 16.5. The number of carbonyl (C=O) groups excluding carboxylic acids is 1. The SMILES string of the molecule is Cn1nc(C(O)c2ccccc2)nc1NCCCOc1cccc(C=O)c1. The predicted molar refractivity (Wildman–Crippen MR) is 102 cm³/mol. The molecule has 0 radical (unpaired) electrons. The standard InChI is InChI=1S/C20H22N4O3/c1-24-20(22-19(23-24)18(26)16-8-3-2-4-9-16)21-11-6-12-27-17-10-5-7-15(13-17)14-25/h2-5,7-10,13-14,18,26H,6,11-12H2,1H3,(H,21,22,23). The summed E-state index contributed by atoms with van der Waals surface area (Å²) in [6, 6.07) is 16.4. The van der Waals surface area contributed by atoms with E-state index in [-0.39, 0.29) is 0 Å². The first-order chi connectivity index (χ1) is 13.2. The number of hydrogen-bond donors (Lipinski definition) is 2. The van der Waals surface area contributed by atoms with Crippen LogP contribution in [0.3, 0.4) is 0 Å². The molecule has 0 saturated carbocycles. The molecule has 0 spiro atoms. The first-order valence-electron chi connectivity index (χ1n) is 8.73. The van der Waals surface area contributed by atoms with Gasteiger partial charge in [0.25, 0.3) is 0 Å². The van der Waals surface area contributed by atoms with E-state index in [0.717, 1.165) is 18.3 Å². The van der Waals surface area contributed by atoms with Crippen molar-refractivity contribution in [3.63, 3.8) is 0 Å². The minimum absolute atomic E-state index is 0.355. The third kappa shape index (κ3) is 4.92. The first-order valence-corrected chi connectivity index (χ1v) is 8.73. The van der Waals surface area contributed by atoms with Crippen LogP contribution in [0.15, 0.2) is 54.6 Å². The third-order valence-corrected chi connectivity index (χ3v) is 4.01. The molecule has 3 rings (SSSR count). The van der Waals surface area contributed by atoms with E-state index in [2.05, 4.69) is 15.4 Å². The van der Waals surface area contributed by atoms with E-state index in [1.807, 2.05) is 36.4 Å². The highest BCUT2D eigenvalue weighted by Crippen LogP contribution is 2.19. The molecule has 0 fully saturated rings. The summed E-state index contributed by atoms with van der Waals surface area (Å²) in [5.74, 6) is 1.61. The molecule has 0 aliphatic rings. The Balaban J connectivity index is 1.48. The number of nitrogens with zero attached hydrogens (tertiary/aromatic N) is 3. The normalized spacial score (nSPS) is 11.8. The zero-order valence-electron chi connectivity index (χ0n) is 15.1. The van der Waals surface area contributed by atoms with E-state index in [4.69, 9.17) is 4.74 Å². The van der Waals surface area contributed by atoms with Gasteiger partial charge in [0.15, 0.2) is 5.82 Å². The number of hydrogen-bond acceptors (Lipinski definition) is 6. The van der Waals surface area contributed by atoms with Crippen molar-refractivity contribution < 1.29 is 14.6 Å². The Kier molecular flexibility index (Phi) is 6.17. The van der Waals surface area contributed by atoms with Gasteiger partial charge in [-0.2, -0.15) is 10.1 Å². The van der Waals surface area contributed by atoms with Gasteiger partial charge < -0.3 is 15.2 Å². The Labute approximate surface area is 157 Å². The van der Waals surface area contributed by atoms with Crippen molar-refractivity contribution in [1.82, 2.24) is 14.8 Å². The highest BCUT2D eigenvalue weighted by Gasteiger charge is 2.17. The van der Waals surface area contributed by atoms with E-state index in [1.165, 1.54) is 0 Å². The summed E-state index contributed by atoms with van der Waals surface area (Å²) in [6.07, 6.45) is 0.681. The number of rotatable bonds is 9. The Hall–Kier alpha value is -3.19. The average Bonchev–Trinajstić information content (AvgIpc) is 3.08. The highest BCUT2D eigenvalue weighted by molar-refractivity contribution is 5.75. The summed E-state index contributed by atoms with van der Waals surface area (Å²) in [5, 5.41) is 17.9. The van der Waals surface area contributed by atoms with Gasteiger partial charge in [-0.05, 0) is 24.1 Å². The molecule has 1 atom stereocenters. The van der Waals surface area contributed by atoms with Crippen molar-refractivity contribution in [2.75, 3.05) is 18.5 Å². The molecule has 2 N–H and O–H groups in total. The minimum Gasteiger partial charge on any atom is -0.494 e. The van der Waals surface area contributed by atoms with E-state index in [0.29, 0.717) is 36.2 Å². The largest absolute Gasteiger partial charge is 0.494 e. The lowest BCUT2D eigenvalue weighted by Crippen LogP contribution is -2.10. The maximum atomic E-state index is 10.8. The van der Waals surface area contributed by atoms with Crippen molar-refractivity contribution in [2.45, 2.75) is 12.5 Å². The van der Waals surface area contributed by atoms with Crippen LogP contribution in [0.25, 0.3) is 0 Å². The zero-order chi connectivity index (χ0) is 19.1. The van der Waals surface area contributed by atoms with E-state index < -0.39 is 6.10 Å². The van der Waals surface area contributed by atoms with Crippen LogP contribution in [0, 0.1) is 0 Å². The number of aldehydes is 1. The van der Waals surface area contributed by atoms with Crippen molar-refractivity contribution in [3.8, 4) is 5.75 Å². The lowest BCUT2D eigenvalue weighted by atomic mass is 10.1. The molecule has 27 heavy (non-hydrogen) atoms. The van der Waals surface area contributed by atoms with Crippen LogP contribution in [0.5, 0.6) is 5.75 Å². The van der Waals surface area contributed by atoms with E-state index >= 15 is 0 Å². The molecule has 0 aliphatic carbocycles. The van der Waals surface area contributed by atoms with Crippen LogP contribution in [-0.2, 0) is 7.05 Å². The molecule has 0 bridgehead atoms. The predicted octanol–water partition coefficient (Wildman–Crippen LogP) is 2.59. The second-order valence-corrected chi connectivity index (χ2v) is 6.05. The molecular weight excluding hydrogens is 344 g/mol. The lowest BCUT2D eigenvalue weighted by molar-refractivity contribution is 0.112. The molecular formula is C20H22N4O3. The van der Waals surface area contributed by atoms with Crippen LogP contribution >= 0.6 is 0 Å². The minimum atomic E-state index is -0.860. The smallest absolute Gasteiger partial charge is 0.221 e. The number of anilines is 1. The lowest BCUT2D eigenvalue weighted by Gasteiger charge is -2.07. The van der Waals surface area contributed by atoms with Crippen LogP contribution in [0.1, 0.15) is 34.3 Å². The summed E-state index contributed by atoms with van der Waals surface area (Å²) >= 11 is 0. The van der Waals surface area contributed by atoms with Crippen molar-refractivity contribution >= 4 is 12.2 Å². The van der Waals surface area contributed by atoms with Crippen molar-refractivity contribution in [1.29, 1.82) is 0 Å². The fraction of sp³-hybridized carbons (Fsp3) is 0.250. The molecule has 1 heterocycles. The molecule has 140 valence electrons. The number of aliphatic hydroxyl groups excluding tert-OH is 1. The van der Waals surface area contributed by atoms with Crippen molar-refractivity contribution in [2.24, 2.45) is 7.05 Å². The number of nitrogens with one attached hydrogen (secondary N) is 1. The molecule has 0 saturated heterocycles. The van der Waals surface area contributed by atoms with Gasteiger partial charge in [0, 0.05) is 19.2 Å². The van der Waals surface area contributed by atoms with Gasteiger partial charge in [0.05, 0.1) is 6.61 Å². The Bertz CT molecular complexity index is 880. The summed E-state index contributed by atoms with van der Waals surface area (Å²) in [5.41, 5.74) is 1.34. The van der Waals surface area contributed by atoms with Gasteiger partial charge in [-0.25, -0.2) is 4.68 Å². The summed E-state index contributed by atoms with van der Waals surface area (Å²) in [4.78, 5) is 15.1. The zero-order valence-corrected chi connectivity index (χ0v) is 15.1. The van der Waals surface area contributed by atoms with Crippen LogP contribution in [0.2, 0.25) is 0 Å². The molecule has 7 heteroatoms. The average molecular weight is 366 g/mol. The van der Waals surface area contributed by atoms with Crippen LogP contribution in [-0.4, -0.2) is 39.3 Å². The van der Waals surface area contributed by atoms with Crippen LogP contribution < -0.4 is 10.1 Å². The second kappa shape index (κ2) is 8.95. The van der Waals surface area contributed by atoms with E-state index in [1.54, 1.807) is 29.9 Å². The topological polar surface area (TPSA) is 89.3 Å². The number of aliphatic hydroxyl groups is 1. The summed E-state index contributed by atoms with van der Waals surface area (Å²) in [7, 11) is 1.78. The second-order valence-electron chi connectivity index (χ2n) is 6.05. The quantitative estimate of drug-likeness (QED) is 0.447. The number of ether oxygens (including phenoxy) is 1. The van der Waals surface area contributed by atoms with Gasteiger partial charge >= 0.3 is 0 Å². The number of carbonyl (C=O) groups is 1. The molecule has 2 aromatic carbocycles. The Morgan fingerprint density at radius 3 is 2.81 bits per heavy atom. The molecule has 1 unspecified atom stereocenters. The van der Waals surface area contributed by atoms with E-state index in [9.17, 15) is 9.90 Å². The van der Waals surface area contributed by atoms with Gasteiger partial charge in [-0.15, -0.1) is 0 Å². The van der Waals surface area contributed by atoms with Gasteiger partial charge in [-0.1, -0.05) is 42.5 Å². The maximum Gasteiger partial charge on any atom is 0.221 e. The van der Waals surface area contributed by atoms with Gasteiger partial charge in [-0.3, -0.25) is 4.79 Å². The fourth-order valence-corrected chi connectivity index (χ4v) is 2.60. The van der Waals surface area contributed by atoms with Crippen LogP contribution in [0.4, 0.5) is 5.95 Å².